The first-order valence-electron chi connectivity index (χ1n) is 7.35. The van der Waals surface area contributed by atoms with E-state index in [-0.39, 0.29) is 18.3 Å². The van der Waals surface area contributed by atoms with Gasteiger partial charge in [-0.15, -0.1) is 12.4 Å². The number of benzene rings is 1. The second-order valence-corrected chi connectivity index (χ2v) is 5.88. The molecule has 2 aromatic rings. The number of fused-ring (bicyclic) bond motifs is 1. The lowest BCUT2D eigenvalue weighted by atomic mass is 9.97. The Morgan fingerprint density at radius 3 is 2.73 bits per heavy atom. The molecule has 5 nitrogen and oxygen atoms in total. The maximum Gasteiger partial charge on any atom is 0.240 e. The molecule has 2 rings (SSSR count). The Labute approximate surface area is 137 Å². The summed E-state index contributed by atoms with van der Waals surface area (Å²) in [5.41, 5.74) is 8.44. The Morgan fingerprint density at radius 1 is 1.45 bits per heavy atom. The fourth-order valence-electron chi connectivity index (χ4n) is 2.67. The molecule has 3 N–H and O–H groups in total. The van der Waals surface area contributed by atoms with Crippen LogP contribution in [0.25, 0.3) is 11.0 Å². The number of hydrogen-bond donors (Lipinski definition) is 2. The van der Waals surface area contributed by atoms with Crippen LogP contribution >= 0.6 is 12.4 Å². The van der Waals surface area contributed by atoms with Crippen LogP contribution in [0.2, 0.25) is 0 Å². The lowest BCUT2D eigenvalue weighted by Gasteiger charge is -2.22. The van der Waals surface area contributed by atoms with Crippen molar-refractivity contribution < 1.29 is 4.79 Å². The summed E-state index contributed by atoms with van der Waals surface area (Å²) in [7, 11) is 1.97. The van der Waals surface area contributed by atoms with Gasteiger partial charge in [0.25, 0.3) is 0 Å². The number of rotatable bonds is 5. The summed E-state index contributed by atoms with van der Waals surface area (Å²) in [6.45, 7) is 6.24. The third-order valence-corrected chi connectivity index (χ3v) is 3.88. The first-order chi connectivity index (χ1) is 9.86. The van der Waals surface area contributed by atoms with Crippen molar-refractivity contribution in [2.45, 2.75) is 45.7 Å². The van der Waals surface area contributed by atoms with Gasteiger partial charge in [-0.1, -0.05) is 25.5 Å². The first-order valence-corrected chi connectivity index (χ1v) is 7.35. The molecule has 6 heteroatoms. The van der Waals surface area contributed by atoms with Gasteiger partial charge in [0, 0.05) is 7.05 Å². The van der Waals surface area contributed by atoms with Gasteiger partial charge in [-0.3, -0.25) is 4.79 Å². The first kappa shape index (κ1) is 18.5. The minimum absolute atomic E-state index is 0. The predicted octanol–water partition coefficient (Wildman–Crippen LogP) is 2.44. The van der Waals surface area contributed by atoms with E-state index in [0.29, 0.717) is 13.0 Å². The Balaban J connectivity index is 0.00000242. The average Bonchev–Trinajstić information content (AvgIpc) is 2.74. The maximum absolute atomic E-state index is 12.1. The SMILES string of the molecule is CCCC(C)(N)C(=O)NCc1nc2cccc(C)c2n1C.Cl. The van der Waals surface area contributed by atoms with Crippen molar-refractivity contribution in [3.05, 3.63) is 29.6 Å². The number of carbonyl (C=O) groups is 1. The van der Waals surface area contributed by atoms with Gasteiger partial charge in [-0.2, -0.15) is 0 Å². The van der Waals surface area contributed by atoms with E-state index in [9.17, 15) is 4.79 Å². The van der Waals surface area contributed by atoms with Gasteiger partial charge in [0.2, 0.25) is 5.91 Å². The number of nitrogens with two attached hydrogens (primary N) is 1. The minimum atomic E-state index is -0.824. The molecule has 1 aromatic carbocycles. The monoisotopic (exact) mass is 324 g/mol. The lowest BCUT2D eigenvalue weighted by molar-refractivity contribution is -0.126. The molecule has 1 aromatic heterocycles. The molecule has 0 aliphatic rings. The number of nitrogens with zero attached hydrogens (tertiary/aromatic N) is 2. The van der Waals surface area contributed by atoms with Crippen LogP contribution in [-0.4, -0.2) is 21.0 Å². The second kappa shape index (κ2) is 7.11. The molecule has 0 saturated heterocycles. The van der Waals surface area contributed by atoms with Crippen LogP contribution in [0, 0.1) is 6.92 Å². The minimum Gasteiger partial charge on any atom is -0.347 e. The molecule has 1 atom stereocenters. The van der Waals surface area contributed by atoms with Gasteiger partial charge in [0.1, 0.15) is 5.82 Å². The van der Waals surface area contributed by atoms with E-state index in [4.69, 9.17) is 5.73 Å². The molecule has 0 spiro atoms. The Kier molecular flexibility index (Phi) is 5.97. The third-order valence-electron chi connectivity index (χ3n) is 3.88. The Morgan fingerprint density at radius 2 is 2.14 bits per heavy atom. The highest BCUT2D eigenvalue weighted by Gasteiger charge is 2.27. The molecule has 0 aliphatic heterocycles. The summed E-state index contributed by atoms with van der Waals surface area (Å²) in [6, 6.07) is 6.04. The van der Waals surface area contributed by atoms with E-state index in [2.05, 4.69) is 23.3 Å². The molecule has 0 aliphatic carbocycles. The Hall–Kier alpha value is -1.59. The van der Waals surface area contributed by atoms with E-state index < -0.39 is 5.54 Å². The van der Waals surface area contributed by atoms with Crippen LogP contribution in [0.5, 0.6) is 0 Å². The molecule has 1 unspecified atom stereocenters. The number of imidazole rings is 1. The van der Waals surface area contributed by atoms with Crippen molar-refractivity contribution in [2.75, 3.05) is 0 Å². The topological polar surface area (TPSA) is 72.9 Å². The zero-order valence-corrected chi connectivity index (χ0v) is 14.5. The largest absolute Gasteiger partial charge is 0.347 e. The van der Waals surface area contributed by atoms with Crippen LogP contribution in [0.15, 0.2) is 18.2 Å². The number of carbonyl (C=O) groups excluding carboxylic acids is 1. The Bertz CT molecular complexity index is 663. The number of para-hydroxylation sites is 1. The summed E-state index contributed by atoms with van der Waals surface area (Å²) < 4.78 is 2.03. The highest BCUT2D eigenvalue weighted by Crippen LogP contribution is 2.18. The number of halogens is 1. The van der Waals surface area contributed by atoms with Crippen LogP contribution in [-0.2, 0) is 18.4 Å². The predicted molar refractivity (Wildman–Crippen MR) is 92.0 cm³/mol. The summed E-state index contributed by atoms with van der Waals surface area (Å²) >= 11 is 0. The van der Waals surface area contributed by atoms with Crippen molar-refractivity contribution in [2.24, 2.45) is 12.8 Å². The van der Waals surface area contributed by atoms with E-state index in [0.717, 1.165) is 23.3 Å². The highest BCUT2D eigenvalue weighted by molar-refractivity contribution is 5.86. The van der Waals surface area contributed by atoms with Gasteiger partial charge in [0.05, 0.1) is 23.1 Å². The fraction of sp³-hybridized carbons (Fsp3) is 0.500. The summed E-state index contributed by atoms with van der Waals surface area (Å²) in [6.07, 6.45) is 1.55. The van der Waals surface area contributed by atoms with Gasteiger partial charge >= 0.3 is 0 Å². The van der Waals surface area contributed by atoms with E-state index in [1.165, 1.54) is 5.56 Å². The molecule has 0 bridgehead atoms. The lowest BCUT2D eigenvalue weighted by Crippen LogP contribution is -2.51. The molecule has 1 amide bonds. The van der Waals surface area contributed by atoms with Crippen LogP contribution in [0.3, 0.4) is 0 Å². The maximum atomic E-state index is 12.1. The number of hydrogen-bond acceptors (Lipinski definition) is 3. The van der Waals surface area contributed by atoms with Crippen molar-refractivity contribution in [3.63, 3.8) is 0 Å². The summed E-state index contributed by atoms with van der Waals surface area (Å²) in [4.78, 5) is 16.7. The number of aryl methyl sites for hydroxylation is 2. The fourth-order valence-corrected chi connectivity index (χ4v) is 2.67. The van der Waals surface area contributed by atoms with Crippen molar-refractivity contribution in [1.82, 2.24) is 14.9 Å². The number of amides is 1. The van der Waals surface area contributed by atoms with Gasteiger partial charge in [-0.25, -0.2) is 4.98 Å². The van der Waals surface area contributed by atoms with Crippen LogP contribution in [0.1, 0.15) is 38.1 Å². The van der Waals surface area contributed by atoms with Gasteiger partial charge in [-0.05, 0) is 31.9 Å². The molecule has 0 radical (unpaired) electrons. The molecule has 0 saturated carbocycles. The normalized spacial score (nSPS) is 13.5. The smallest absolute Gasteiger partial charge is 0.240 e. The van der Waals surface area contributed by atoms with Crippen LogP contribution in [0.4, 0.5) is 0 Å². The van der Waals surface area contributed by atoms with Crippen molar-refractivity contribution in [3.8, 4) is 0 Å². The van der Waals surface area contributed by atoms with Crippen molar-refractivity contribution >= 4 is 29.3 Å². The van der Waals surface area contributed by atoms with E-state index >= 15 is 0 Å². The quantitative estimate of drug-likeness (QED) is 0.887. The molecule has 1 heterocycles. The highest BCUT2D eigenvalue weighted by atomic mass is 35.5. The molecular formula is C16H25ClN4O. The third kappa shape index (κ3) is 3.59. The summed E-state index contributed by atoms with van der Waals surface area (Å²) in [5, 5.41) is 2.90. The van der Waals surface area contributed by atoms with Gasteiger partial charge < -0.3 is 15.6 Å². The molecule has 0 fully saturated rings. The standard InChI is InChI=1S/C16H24N4O.ClH/c1-5-9-16(3,17)15(21)18-10-13-19-12-8-6-7-11(2)14(12)20(13)4;/h6-8H,5,9-10,17H2,1-4H3,(H,18,21);1H. The molecular weight excluding hydrogens is 300 g/mol. The number of aromatic nitrogens is 2. The van der Waals surface area contributed by atoms with Crippen molar-refractivity contribution in [1.29, 1.82) is 0 Å². The second-order valence-electron chi connectivity index (χ2n) is 5.88. The van der Waals surface area contributed by atoms with E-state index in [1.807, 2.05) is 30.7 Å². The van der Waals surface area contributed by atoms with Gasteiger partial charge in [0.15, 0.2) is 0 Å². The summed E-state index contributed by atoms with van der Waals surface area (Å²) in [5.74, 6) is 0.702. The molecule has 22 heavy (non-hydrogen) atoms. The zero-order valence-electron chi connectivity index (χ0n) is 13.6. The van der Waals surface area contributed by atoms with Crippen LogP contribution < -0.4 is 11.1 Å². The zero-order chi connectivity index (χ0) is 15.6. The number of nitrogens with one attached hydrogen (secondary N) is 1. The average molecular weight is 325 g/mol. The van der Waals surface area contributed by atoms with E-state index in [1.54, 1.807) is 6.92 Å². The molecule has 122 valence electrons.